The van der Waals surface area contributed by atoms with Gasteiger partial charge in [-0.2, -0.15) is 0 Å². The van der Waals surface area contributed by atoms with Crippen molar-refractivity contribution in [3.63, 3.8) is 0 Å². The lowest BCUT2D eigenvalue weighted by molar-refractivity contribution is -0.141. The summed E-state index contributed by atoms with van der Waals surface area (Å²) in [6, 6.07) is 2.08. The number of esters is 1. The maximum atomic E-state index is 13.3. The number of hydrogen-bond donors (Lipinski definition) is 2. The van der Waals surface area contributed by atoms with E-state index in [0.29, 0.717) is 0 Å². The molecule has 0 aliphatic rings. The Kier molecular flexibility index (Phi) is 6.44. The number of phenolic OH excluding ortho intramolecular Hbond substituents is 1. The van der Waals surface area contributed by atoms with E-state index in [0.717, 1.165) is 0 Å². The quantitative estimate of drug-likeness (QED) is 0.835. The molecule has 0 aromatic heterocycles. The van der Waals surface area contributed by atoms with Gasteiger partial charge in [-0.15, -0.1) is 12.4 Å². The molecule has 0 aliphatic carbocycles. The van der Waals surface area contributed by atoms with Gasteiger partial charge in [-0.1, -0.05) is 6.07 Å². The predicted octanol–water partition coefficient (Wildman–Crippen LogP) is 2.28. The predicted molar refractivity (Wildman–Crippen MR) is 66.6 cm³/mol. The zero-order chi connectivity index (χ0) is 12.3. The Morgan fingerprint density at radius 2 is 2.24 bits per heavy atom. The third-order valence-corrected chi connectivity index (χ3v) is 2.73. The van der Waals surface area contributed by atoms with Gasteiger partial charge in [0.05, 0.1) is 18.0 Å². The highest BCUT2D eigenvalue weighted by molar-refractivity contribution is 9.10. The summed E-state index contributed by atoms with van der Waals surface area (Å²) >= 11 is 2.93. The van der Waals surface area contributed by atoms with Gasteiger partial charge in [0.1, 0.15) is 0 Å². The molecule has 0 aliphatic heterocycles. The molecule has 0 amide bonds. The molecule has 3 N–H and O–H groups in total. The molecular formula is C10H12BrClFNO3. The highest BCUT2D eigenvalue weighted by Gasteiger charge is 2.19. The Balaban J connectivity index is 0.00000256. The molecule has 17 heavy (non-hydrogen) atoms. The summed E-state index contributed by atoms with van der Waals surface area (Å²) in [6.07, 6.45) is -0.120. The standard InChI is InChI=1S/C10H11BrFNO3.ClH/c1-16-8(14)4-7(13)5-2-3-6(11)9(12)10(5)15;/h2-3,7,15H,4,13H2,1H3;1H/t7-;/m1./s1. The van der Waals surface area contributed by atoms with E-state index >= 15 is 0 Å². The first-order valence-electron chi connectivity index (χ1n) is 4.46. The molecule has 96 valence electrons. The number of nitrogens with two attached hydrogens (primary N) is 1. The zero-order valence-corrected chi connectivity index (χ0v) is 11.3. The number of carbonyl (C=O) groups excluding carboxylic acids is 1. The van der Waals surface area contributed by atoms with Gasteiger partial charge in [-0.25, -0.2) is 4.39 Å². The maximum Gasteiger partial charge on any atom is 0.307 e. The summed E-state index contributed by atoms with van der Waals surface area (Å²) < 4.78 is 17.9. The number of benzene rings is 1. The van der Waals surface area contributed by atoms with Crippen LogP contribution in [-0.4, -0.2) is 18.2 Å². The number of aromatic hydroxyl groups is 1. The number of halogens is 3. The minimum absolute atomic E-state index is 0. The molecule has 1 aromatic rings. The molecule has 1 atom stereocenters. The second-order valence-electron chi connectivity index (χ2n) is 3.19. The first-order valence-corrected chi connectivity index (χ1v) is 5.26. The minimum atomic E-state index is -0.796. The topological polar surface area (TPSA) is 72.5 Å². The normalized spacial score (nSPS) is 11.5. The van der Waals surface area contributed by atoms with E-state index in [1.165, 1.54) is 19.2 Å². The first kappa shape index (κ1) is 16.1. The van der Waals surface area contributed by atoms with Crippen LogP contribution in [0.1, 0.15) is 18.0 Å². The summed E-state index contributed by atoms with van der Waals surface area (Å²) in [5, 5.41) is 9.50. The lowest BCUT2D eigenvalue weighted by Gasteiger charge is -2.13. The van der Waals surface area contributed by atoms with Gasteiger partial charge in [0.25, 0.3) is 0 Å². The van der Waals surface area contributed by atoms with Gasteiger partial charge >= 0.3 is 5.97 Å². The van der Waals surface area contributed by atoms with Crippen LogP contribution in [0.25, 0.3) is 0 Å². The zero-order valence-electron chi connectivity index (χ0n) is 8.94. The van der Waals surface area contributed by atoms with Crippen molar-refractivity contribution >= 4 is 34.3 Å². The smallest absolute Gasteiger partial charge is 0.307 e. The van der Waals surface area contributed by atoms with Crippen molar-refractivity contribution in [1.82, 2.24) is 0 Å². The largest absolute Gasteiger partial charge is 0.505 e. The van der Waals surface area contributed by atoms with Gasteiger partial charge < -0.3 is 15.6 Å². The van der Waals surface area contributed by atoms with Gasteiger partial charge in [-0.3, -0.25) is 4.79 Å². The number of hydrogen-bond acceptors (Lipinski definition) is 4. The molecule has 1 rings (SSSR count). The molecule has 0 radical (unpaired) electrons. The average Bonchev–Trinajstić information content (AvgIpc) is 2.25. The van der Waals surface area contributed by atoms with Crippen molar-refractivity contribution in [2.24, 2.45) is 5.73 Å². The number of methoxy groups -OCH3 is 1. The van der Waals surface area contributed by atoms with E-state index in [-0.39, 0.29) is 28.9 Å². The van der Waals surface area contributed by atoms with Crippen LogP contribution in [0.4, 0.5) is 4.39 Å². The Labute approximate surface area is 112 Å². The van der Waals surface area contributed by atoms with Crippen LogP contribution in [0.5, 0.6) is 5.75 Å². The summed E-state index contributed by atoms with van der Waals surface area (Å²) in [4.78, 5) is 11.0. The van der Waals surface area contributed by atoms with E-state index in [1.54, 1.807) is 0 Å². The molecule has 0 fully saturated rings. The number of rotatable bonds is 3. The molecule has 0 unspecified atom stereocenters. The van der Waals surface area contributed by atoms with Crippen LogP contribution in [-0.2, 0) is 9.53 Å². The Morgan fingerprint density at radius 1 is 1.65 bits per heavy atom. The lowest BCUT2D eigenvalue weighted by atomic mass is 10.0. The number of ether oxygens (including phenoxy) is 1. The average molecular weight is 329 g/mol. The van der Waals surface area contributed by atoms with Crippen molar-refractivity contribution in [3.8, 4) is 5.75 Å². The van der Waals surface area contributed by atoms with Crippen LogP contribution < -0.4 is 5.73 Å². The van der Waals surface area contributed by atoms with E-state index < -0.39 is 23.6 Å². The van der Waals surface area contributed by atoms with Crippen molar-refractivity contribution in [2.45, 2.75) is 12.5 Å². The van der Waals surface area contributed by atoms with Gasteiger partial charge in [0, 0.05) is 11.6 Å². The van der Waals surface area contributed by atoms with E-state index in [4.69, 9.17) is 5.73 Å². The van der Waals surface area contributed by atoms with Crippen molar-refractivity contribution in [3.05, 3.63) is 28.0 Å². The number of phenols is 1. The van der Waals surface area contributed by atoms with Gasteiger partial charge in [0.2, 0.25) is 0 Å². The molecule has 4 nitrogen and oxygen atoms in total. The van der Waals surface area contributed by atoms with Gasteiger partial charge in [0.15, 0.2) is 11.6 Å². The van der Waals surface area contributed by atoms with Crippen LogP contribution in [0.2, 0.25) is 0 Å². The Bertz CT molecular complexity index is 417. The van der Waals surface area contributed by atoms with E-state index in [2.05, 4.69) is 20.7 Å². The molecule has 7 heteroatoms. The third kappa shape index (κ3) is 3.83. The second-order valence-corrected chi connectivity index (χ2v) is 4.04. The maximum absolute atomic E-state index is 13.3. The summed E-state index contributed by atoms with van der Waals surface area (Å²) in [5.41, 5.74) is 5.82. The SMILES string of the molecule is COC(=O)C[C@@H](N)c1ccc(Br)c(F)c1O.Cl. The van der Waals surface area contributed by atoms with Crippen LogP contribution >= 0.6 is 28.3 Å². The number of carbonyl (C=O) groups is 1. The summed E-state index contributed by atoms with van der Waals surface area (Å²) in [5.74, 6) is -1.86. The Hall–Kier alpha value is -0.850. The van der Waals surface area contributed by atoms with E-state index in [9.17, 15) is 14.3 Å². The van der Waals surface area contributed by atoms with Crippen molar-refractivity contribution in [1.29, 1.82) is 0 Å². The van der Waals surface area contributed by atoms with Crippen molar-refractivity contribution in [2.75, 3.05) is 7.11 Å². The van der Waals surface area contributed by atoms with Crippen LogP contribution in [0.3, 0.4) is 0 Å². The molecule has 0 saturated carbocycles. The first-order chi connectivity index (χ1) is 7.47. The molecule has 0 saturated heterocycles. The summed E-state index contributed by atoms with van der Waals surface area (Å²) in [6.45, 7) is 0. The summed E-state index contributed by atoms with van der Waals surface area (Å²) in [7, 11) is 1.23. The van der Waals surface area contributed by atoms with Crippen LogP contribution in [0.15, 0.2) is 16.6 Å². The lowest BCUT2D eigenvalue weighted by Crippen LogP contribution is -2.16. The highest BCUT2D eigenvalue weighted by Crippen LogP contribution is 2.32. The monoisotopic (exact) mass is 327 g/mol. The highest BCUT2D eigenvalue weighted by atomic mass is 79.9. The fraction of sp³-hybridized carbons (Fsp3) is 0.300. The molecule has 0 spiro atoms. The Morgan fingerprint density at radius 3 is 2.76 bits per heavy atom. The fourth-order valence-electron chi connectivity index (χ4n) is 1.23. The van der Waals surface area contributed by atoms with Crippen molar-refractivity contribution < 1.29 is 19.0 Å². The minimum Gasteiger partial charge on any atom is -0.505 e. The molecule has 0 bridgehead atoms. The molecule has 1 aromatic carbocycles. The van der Waals surface area contributed by atoms with Crippen LogP contribution in [0, 0.1) is 5.82 Å². The third-order valence-electron chi connectivity index (χ3n) is 2.11. The second kappa shape index (κ2) is 6.78. The molecular weight excluding hydrogens is 316 g/mol. The molecule has 0 heterocycles. The fourth-order valence-corrected chi connectivity index (χ4v) is 1.55. The van der Waals surface area contributed by atoms with E-state index in [1.807, 2.05) is 0 Å². The van der Waals surface area contributed by atoms with Gasteiger partial charge in [-0.05, 0) is 22.0 Å².